The van der Waals surface area contributed by atoms with Crippen molar-refractivity contribution < 1.29 is 47.6 Å². The highest BCUT2D eigenvalue weighted by atomic mass is 16.8. The Bertz CT molecular complexity index is 1530. The summed E-state index contributed by atoms with van der Waals surface area (Å²) in [6.45, 7) is 0. The molecule has 0 N–H and O–H groups in total. The summed E-state index contributed by atoms with van der Waals surface area (Å²) in [6.07, 6.45) is -4.82. The van der Waals surface area contributed by atoms with Crippen LogP contribution in [-0.2, 0) is 9.47 Å². The van der Waals surface area contributed by atoms with E-state index in [1.807, 2.05) is 0 Å². The third-order valence-corrected chi connectivity index (χ3v) is 5.86. The highest BCUT2D eigenvalue weighted by Gasteiger charge is 2.28. The molecule has 10 nitrogen and oxygen atoms in total. The van der Waals surface area contributed by atoms with Crippen LogP contribution < -0.4 is 18.9 Å². The summed E-state index contributed by atoms with van der Waals surface area (Å²) in [6, 6.07) is 13.3. The van der Waals surface area contributed by atoms with Crippen LogP contribution in [0.2, 0.25) is 0 Å². The molecule has 34 heavy (non-hydrogen) atoms. The second-order valence-electron chi connectivity index (χ2n) is 7.56. The van der Waals surface area contributed by atoms with Crippen molar-refractivity contribution in [2.45, 2.75) is 0 Å². The minimum Gasteiger partial charge on any atom is -0.394 e. The SMILES string of the molecule is O=C1OC(=O)Oc2ccc3c4ccc5c6c(ccc(c7ccc(c2c73)O1)c64)OC(=O)OC(=O)O5. The Balaban J connectivity index is 1.68. The number of carbonyl (C=O) groups is 4. The Labute approximate surface area is 187 Å². The molecule has 0 fully saturated rings. The van der Waals surface area contributed by atoms with E-state index >= 15 is 0 Å². The van der Waals surface area contributed by atoms with E-state index in [4.69, 9.17) is 18.9 Å². The lowest BCUT2D eigenvalue weighted by Crippen LogP contribution is -2.21. The number of rotatable bonds is 0. The number of ether oxygens (including phenoxy) is 6. The van der Waals surface area contributed by atoms with Gasteiger partial charge in [-0.2, -0.15) is 0 Å². The van der Waals surface area contributed by atoms with Crippen molar-refractivity contribution >= 4 is 67.7 Å². The van der Waals surface area contributed by atoms with Gasteiger partial charge in [0.25, 0.3) is 0 Å². The van der Waals surface area contributed by atoms with Crippen LogP contribution in [0.1, 0.15) is 0 Å². The van der Waals surface area contributed by atoms with Crippen molar-refractivity contribution in [1.82, 2.24) is 0 Å². The fourth-order valence-electron chi connectivity index (χ4n) is 4.68. The number of carbonyl (C=O) groups excluding carboxylic acids is 4. The van der Waals surface area contributed by atoms with Gasteiger partial charge in [0.15, 0.2) is 0 Å². The molecule has 2 aliphatic heterocycles. The number of fused-ring (bicyclic) bond motifs is 2. The summed E-state index contributed by atoms with van der Waals surface area (Å²) in [5.74, 6) is 0.650. The lowest BCUT2D eigenvalue weighted by atomic mass is 9.88. The molecule has 0 saturated carbocycles. The maximum atomic E-state index is 11.9. The first kappa shape index (κ1) is 18.5. The van der Waals surface area contributed by atoms with E-state index in [1.165, 1.54) is 0 Å². The van der Waals surface area contributed by atoms with Crippen LogP contribution in [0, 0.1) is 0 Å². The summed E-state index contributed by atoms with van der Waals surface area (Å²) >= 11 is 0. The molecule has 5 aromatic rings. The predicted octanol–water partition coefficient (Wildman–Crippen LogP) is 5.79. The van der Waals surface area contributed by atoms with E-state index in [1.54, 1.807) is 48.5 Å². The monoisotopic (exact) mass is 456 g/mol. The van der Waals surface area contributed by atoms with E-state index in [-0.39, 0.29) is 23.0 Å². The number of hydrogen-bond donors (Lipinski definition) is 0. The molecule has 0 amide bonds. The first-order chi connectivity index (χ1) is 16.5. The lowest BCUT2D eigenvalue weighted by Gasteiger charge is -2.21. The second-order valence-corrected chi connectivity index (χ2v) is 7.56. The predicted molar refractivity (Wildman–Crippen MR) is 114 cm³/mol. The highest BCUT2D eigenvalue weighted by Crippen LogP contribution is 2.49. The normalized spacial score (nSPS) is 15.5. The smallest absolute Gasteiger partial charge is 0.394 e. The van der Waals surface area contributed by atoms with Gasteiger partial charge in [0.1, 0.15) is 23.0 Å². The molecule has 0 atom stereocenters. The molecular weight excluding hydrogens is 448 g/mol. The third-order valence-electron chi connectivity index (χ3n) is 5.86. The first-order valence-electron chi connectivity index (χ1n) is 9.91. The summed E-state index contributed by atoms with van der Waals surface area (Å²) in [4.78, 5) is 47.6. The summed E-state index contributed by atoms with van der Waals surface area (Å²) < 4.78 is 29.9. The van der Waals surface area contributed by atoms with Crippen molar-refractivity contribution in [2.24, 2.45) is 0 Å². The van der Waals surface area contributed by atoms with Gasteiger partial charge >= 0.3 is 24.6 Å². The Morgan fingerprint density at radius 3 is 0.853 bits per heavy atom. The summed E-state index contributed by atoms with van der Waals surface area (Å²) in [5, 5.41) is 5.12. The zero-order chi connectivity index (χ0) is 23.1. The van der Waals surface area contributed by atoms with E-state index in [0.29, 0.717) is 21.5 Å². The Kier molecular flexibility index (Phi) is 3.38. The molecule has 0 aromatic heterocycles. The highest BCUT2D eigenvalue weighted by molar-refractivity contribution is 6.35. The van der Waals surface area contributed by atoms with Crippen LogP contribution in [-0.4, -0.2) is 24.6 Å². The molecular formula is C24H8O10. The standard InChI is InChI=1S/C24H8O10/c25-21-29-13-5-1-9-10-2-6-15-20-16(32-24(28)34-23(27)31-15)8-4-12(18(10)20)11-3-7-14(19(13)17(9)11)30-22(26)33-21/h1-8H. The first-order valence-corrected chi connectivity index (χ1v) is 9.91. The maximum Gasteiger partial charge on any atom is 0.524 e. The Hall–Kier alpha value is -5.12. The minimum atomic E-state index is -1.20. The molecule has 10 heteroatoms. The molecule has 2 aliphatic rings. The largest absolute Gasteiger partial charge is 0.524 e. The van der Waals surface area contributed by atoms with Gasteiger partial charge in [0.05, 0.1) is 10.8 Å². The molecule has 5 aromatic carbocycles. The van der Waals surface area contributed by atoms with E-state index in [2.05, 4.69) is 9.47 Å². The minimum absolute atomic E-state index is 0.162. The molecule has 0 spiro atoms. The molecule has 7 rings (SSSR count). The van der Waals surface area contributed by atoms with E-state index < -0.39 is 24.6 Å². The number of cyclic esters (lactones) is 4. The Morgan fingerprint density at radius 2 is 0.588 bits per heavy atom. The zero-order valence-electron chi connectivity index (χ0n) is 16.7. The molecule has 0 saturated heterocycles. The van der Waals surface area contributed by atoms with Gasteiger partial charge in [-0.3, -0.25) is 0 Å². The lowest BCUT2D eigenvalue weighted by molar-refractivity contribution is 0.0858. The van der Waals surface area contributed by atoms with Gasteiger partial charge in [-0.15, -0.1) is 0 Å². The molecule has 164 valence electrons. The van der Waals surface area contributed by atoms with E-state index in [9.17, 15) is 19.2 Å². The molecule has 0 aliphatic carbocycles. The van der Waals surface area contributed by atoms with Crippen molar-refractivity contribution in [3.05, 3.63) is 48.5 Å². The van der Waals surface area contributed by atoms with Crippen molar-refractivity contribution in [3.8, 4) is 23.0 Å². The van der Waals surface area contributed by atoms with Gasteiger partial charge in [-0.25, -0.2) is 19.2 Å². The number of hydrogen-bond acceptors (Lipinski definition) is 10. The average Bonchev–Trinajstić information content (AvgIpc) is 2.78. The maximum absolute atomic E-state index is 11.9. The van der Waals surface area contributed by atoms with Crippen LogP contribution in [0.5, 0.6) is 23.0 Å². The van der Waals surface area contributed by atoms with Gasteiger partial charge in [0.2, 0.25) is 0 Å². The van der Waals surface area contributed by atoms with Crippen molar-refractivity contribution in [2.75, 3.05) is 0 Å². The molecule has 0 bridgehead atoms. The zero-order valence-corrected chi connectivity index (χ0v) is 16.7. The van der Waals surface area contributed by atoms with Crippen molar-refractivity contribution in [1.29, 1.82) is 0 Å². The summed E-state index contributed by atoms with van der Waals surface area (Å²) in [5.41, 5.74) is 0. The fraction of sp³-hybridized carbons (Fsp3) is 0. The number of benzene rings is 5. The van der Waals surface area contributed by atoms with Gasteiger partial charge in [-0.05, 0) is 70.1 Å². The second kappa shape index (κ2) is 6.23. The van der Waals surface area contributed by atoms with Crippen LogP contribution in [0.15, 0.2) is 48.5 Å². The molecule has 0 radical (unpaired) electrons. The summed E-state index contributed by atoms with van der Waals surface area (Å²) in [7, 11) is 0. The van der Waals surface area contributed by atoms with Gasteiger partial charge in [0, 0.05) is 10.8 Å². The quantitative estimate of drug-likeness (QED) is 0.0929. The van der Waals surface area contributed by atoms with Crippen LogP contribution in [0.25, 0.3) is 43.1 Å². The fourth-order valence-corrected chi connectivity index (χ4v) is 4.68. The van der Waals surface area contributed by atoms with E-state index in [0.717, 1.165) is 21.5 Å². The van der Waals surface area contributed by atoms with Crippen LogP contribution in [0.4, 0.5) is 19.2 Å². The van der Waals surface area contributed by atoms with Crippen LogP contribution in [0.3, 0.4) is 0 Å². The van der Waals surface area contributed by atoms with Crippen LogP contribution >= 0.6 is 0 Å². The topological polar surface area (TPSA) is 124 Å². The molecule has 2 heterocycles. The molecule has 0 unspecified atom stereocenters. The van der Waals surface area contributed by atoms with Gasteiger partial charge < -0.3 is 28.4 Å². The average molecular weight is 456 g/mol. The third kappa shape index (κ3) is 2.39. The van der Waals surface area contributed by atoms with Crippen molar-refractivity contribution in [3.63, 3.8) is 0 Å². The van der Waals surface area contributed by atoms with Gasteiger partial charge in [-0.1, -0.05) is 0 Å². The Morgan fingerprint density at radius 1 is 0.324 bits per heavy atom.